The van der Waals surface area contributed by atoms with Crippen molar-refractivity contribution in [1.29, 1.82) is 0 Å². The zero-order chi connectivity index (χ0) is 36.9. The van der Waals surface area contributed by atoms with Crippen LogP contribution in [-0.4, -0.2) is 57.3 Å². The fraction of sp³-hybridized carbons (Fsp3) is 0.932. The normalized spacial score (nSPS) is 14.9. The Morgan fingerprint density at radius 1 is 0.560 bits per heavy atom. The molecule has 0 aliphatic carbocycles. The minimum Gasteiger partial charge on any atom is -0.394 e. The number of amides is 1. The molecule has 0 aromatic heterocycles. The smallest absolute Gasteiger partial charge is 0.249 e. The number of nitrogens with one attached hydrogen (secondary N) is 1. The lowest BCUT2D eigenvalue weighted by molar-refractivity contribution is -0.132. The van der Waals surface area contributed by atoms with E-state index in [1.54, 1.807) is 0 Å². The van der Waals surface area contributed by atoms with E-state index in [2.05, 4.69) is 26.1 Å². The molecular weight excluding hydrogens is 622 g/mol. The van der Waals surface area contributed by atoms with Crippen LogP contribution in [0.2, 0.25) is 0 Å². The Balaban J connectivity index is 3.75. The predicted molar refractivity (Wildman–Crippen MR) is 214 cm³/mol. The highest BCUT2D eigenvalue weighted by Crippen LogP contribution is 2.17. The fourth-order valence-corrected chi connectivity index (χ4v) is 6.86. The molecule has 0 bridgehead atoms. The quantitative estimate of drug-likeness (QED) is 0.0322. The van der Waals surface area contributed by atoms with Crippen LogP contribution in [0.1, 0.15) is 226 Å². The van der Waals surface area contributed by atoms with E-state index in [1.165, 1.54) is 161 Å². The third-order valence-electron chi connectivity index (χ3n) is 10.8. The van der Waals surface area contributed by atoms with E-state index < -0.39 is 36.9 Å². The second-order valence-electron chi connectivity index (χ2n) is 15.7. The molecule has 0 aliphatic rings. The van der Waals surface area contributed by atoms with Gasteiger partial charge in [-0.1, -0.05) is 213 Å². The number of carbonyl (C=O) groups is 1. The lowest BCUT2D eigenvalue weighted by atomic mass is 9.98. The largest absolute Gasteiger partial charge is 0.394 e. The van der Waals surface area contributed by atoms with Crippen molar-refractivity contribution in [1.82, 2.24) is 5.32 Å². The lowest BCUT2D eigenvalue weighted by Gasteiger charge is -2.27. The number of rotatable bonds is 39. The molecule has 0 aromatic carbocycles. The first-order chi connectivity index (χ1) is 24.4. The zero-order valence-electron chi connectivity index (χ0n) is 33.6. The molecule has 0 rings (SSSR count). The molecule has 5 atom stereocenters. The molecule has 1 unspecified atom stereocenters. The van der Waals surface area contributed by atoms with Crippen molar-refractivity contribution in [3.8, 4) is 0 Å². The Morgan fingerprint density at radius 2 is 0.960 bits per heavy atom. The van der Waals surface area contributed by atoms with Crippen molar-refractivity contribution in [3.63, 3.8) is 0 Å². The highest BCUT2D eigenvalue weighted by molar-refractivity contribution is 5.81. The van der Waals surface area contributed by atoms with Crippen molar-refractivity contribution in [3.05, 3.63) is 12.2 Å². The van der Waals surface area contributed by atoms with Crippen LogP contribution >= 0.6 is 0 Å². The summed E-state index contributed by atoms with van der Waals surface area (Å²) in [4.78, 5) is 12.5. The molecule has 6 nitrogen and oxygen atoms in total. The van der Waals surface area contributed by atoms with Crippen molar-refractivity contribution in [2.45, 2.75) is 251 Å². The number of carbonyl (C=O) groups excluding carboxylic acids is 1. The topological polar surface area (TPSA) is 110 Å². The number of aliphatic hydroxyl groups is 4. The molecule has 298 valence electrons. The maximum atomic E-state index is 12.5. The Kier molecular flexibility index (Phi) is 37.1. The summed E-state index contributed by atoms with van der Waals surface area (Å²) in [6.07, 6.45) is 39.7. The number of unbranched alkanes of at least 4 members (excludes halogenated alkanes) is 26. The lowest BCUT2D eigenvalue weighted by Crippen LogP contribution is -2.53. The van der Waals surface area contributed by atoms with Crippen LogP contribution in [-0.2, 0) is 4.79 Å². The van der Waals surface area contributed by atoms with Gasteiger partial charge in [0.15, 0.2) is 0 Å². The Hall–Kier alpha value is -0.950. The van der Waals surface area contributed by atoms with Gasteiger partial charge in [-0.15, -0.1) is 0 Å². The second kappa shape index (κ2) is 37.8. The van der Waals surface area contributed by atoms with E-state index in [9.17, 15) is 25.2 Å². The van der Waals surface area contributed by atoms with Gasteiger partial charge >= 0.3 is 0 Å². The Labute approximate surface area is 311 Å². The summed E-state index contributed by atoms with van der Waals surface area (Å²) in [6, 6.07) is -1.00. The van der Waals surface area contributed by atoms with Gasteiger partial charge in [0.2, 0.25) is 5.91 Å². The molecule has 0 saturated heterocycles. The van der Waals surface area contributed by atoms with E-state index in [1.807, 2.05) is 12.2 Å². The Morgan fingerprint density at radius 3 is 1.38 bits per heavy atom. The third kappa shape index (κ3) is 31.8. The Bertz CT molecular complexity index is 731. The van der Waals surface area contributed by atoms with Gasteiger partial charge in [0.05, 0.1) is 18.8 Å². The van der Waals surface area contributed by atoms with Gasteiger partial charge in [0, 0.05) is 6.42 Å². The average molecular weight is 710 g/mol. The minimum absolute atomic E-state index is 0.194. The molecule has 0 aliphatic heterocycles. The molecule has 0 radical (unpaired) electrons. The molecule has 50 heavy (non-hydrogen) atoms. The second-order valence-corrected chi connectivity index (χ2v) is 15.7. The van der Waals surface area contributed by atoms with Crippen molar-refractivity contribution in [2.75, 3.05) is 6.61 Å². The van der Waals surface area contributed by atoms with Gasteiger partial charge in [-0.3, -0.25) is 4.79 Å². The van der Waals surface area contributed by atoms with Crippen LogP contribution in [0.3, 0.4) is 0 Å². The maximum Gasteiger partial charge on any atom is 0.249 e. The first-order valence-electron chi connectivity index (χ1n) is 22.0. The zero-order valence-corrected chi connectivity index (χ0v) is 33.6. The van der Waals surface area contributed by atoms with Gasteiger partial charge in [-0.25, -0.2) is 0 Å². The van der Waals surface area contributed by atoms with E-state index in [4.69, 9.17) is 0 Å². The van der Waals surface area contributed by atoms with E-state index >= 15 is 0 Å². The molecule has 0 aromatic rings. The van der Waals surface area contributed by atoms with Crippen LogP contribution in [0.15, 0.2) is 12.2 Å². The van der Waals surface area contributed by atoms with Gasteiger partial charge in [-0.2, -0.15) is 0 Å². The van der Waals surface area contributed by atoms with Gasteiger partial charge < -0.3 is 25.7 Å². The van der Waals surface area contributed by atoms with E-state index in [0.29, 0.717) is 6.42 Å². The van der Waals surface area contributed by atoms with Crippen LogP contribution in [0, 0.1) is 5.92 Å². The van der Waals surface area contributed by atoms with Crippen LogP contribution in [0.25, 0.3) is 0 Å². The molecule has 0 saturated carbocycles. The summed E-state index contributed by atoms with van der Waals surface area (Å²) in [5.41, 5.74) is 0. The summed E-state index contributed by atoms with van der Waals surface area (Å²) < 4.78 is 0. The molecule has 0 fully saturated rings. The standard InChI is InChI=1S/C44H87NO5/c1-4-6-7-8-9-10-11-12-13-14-15-16-17-18-19-20-21-24-28-31-34-37-42(48)44(50)45-40(38-46)43(49)41(47)36-33-30-27-25-22-23-26-29-32-35-39(3)5-2/h31,34,39-43,46-49H,4-30,32-33,35-38H2,1-3H3,(H,45,50)/b34-31+/t39?,40-,41+,42+,43-/m0/s1. The van der Waals surface area contributed by atoms with E-state index in [0.717, 1.165) is 38.0 Å². The number of hydrogen-bond donors (Lipinski definition) is 5. The molecule has 0 spiro atoms. The monoisotopic (exact) mass is 710 g/mol. The summed E-state index contributed by atoms with van der Waals surface area (Å²) in [6.45, 7) is 6.39. The fourth-order valence-electron chi connectivity index (χ4n) is 6.86. The first kappa shape index (κ1) is 49.0. The molecule has 0 heterocycles. The highest BCUT2D eigenvalue weighted by atomic mass is 16.3. The van der Waals surface area contributed by atoms with Crippen molar-refractivity contribution < 1.29 is 25.2 Å². The van der Waals surface area contributed by atoms with Gasteiger partial charge in [0.25, 0.3) is 0 Å². The SMILES string of the molecule is CCCCCCCCCCCCCCCCCCCC/C=C/C[C@@H](O)C(=O)N[C@@H](CO)[C@H](O)[C@H](O)CCCCCCCCCCCC(C)CC. The van der Waals surface area contributed by atoms with Gasteiger partial charge in [-0.05, 0) is 25.2 Å². The predicted octanol–water partition coefficient (Wildman–Crippen LogP) is 11.3. The van der Waals surface area contributed by atoms with E-state index in [-0.39, 0.29) is 6.42 Å². The minimum atomic E-state index is -1.27. The van der Waals surface area contributed by atoms with Crippen molar-refractivity contribution >= 4 is 5.91 Å². The summed E-state index contributed by atoms with van der Waals surface area (Å²) in [5, 5.41) is 43.5. The van der Waals surface area contributed by atoms with Gasteiger partial charge in [0.1, 0.15) is 12.2 Å². The highest BCUT2D eigenvalue weighted by Gasteiger charge is 2.28. The van der Waals surface area contributed by atoms with Crippen LogP contribution in [0.4, 0.5) is 0 Å². The van der Waals surface area contributed by atoms with Crippen LogP contribution < -0.4 is 5.32 Å². The summed E-state index contributed by atoms with van der Waals surface area (Å²) in [7, 11) is 0. The summed E-state index contributed by atoms with van der Waals surface area (Å²) >= 11 is 0. The molecular formula is C44H87NO5. The van der Waals surface area contributed by atoms with Crippen LogP contribution in [0.5, 0.6) is 0 Å². The summed E-state index contributed by atoms with van der Waals surface area (Å²) in [5.74, 6) is 0.220. The number of aliphatic hydroxyl groups excluding tert-OH is 4. The average Bonchev–Trinajstić information content (AvgIpc) is 3.12. The molecule has 5 N–H and O–H groups in total. The third-order valence-corrected chi connectivity index (χ3v) is 10.8. The first-order valence-corrected chi connectivity index (χ1v) is 22.0. The maximum absolute atomic E-state index is 12.5. The number of hydrogen-bond acceptors (Lipinski definition) is 5. The number of allylic oxidation sites excluding steroid dienone is 1. The van der Waals surface area contributed by atoms with Crippen molar-refractivity contribution in [2.24, 2.45) is 5.92 Å². The molecule has 6 heteroatoms. The molecule has 1 amide bonds.